The van der Waals surface area contributed by atoms with Crippen LogP contribution in [0, 0.1) is 0 Å². The van der Waals surface area contributed by atoms with Gasteiger partial charge in [-0.15, -0.1) is 0 Å². The molecule has 0 spiro atoms. The molecule has 0 bridgehead atoms. The summed E-state index contributed by atoms with van der Waals surface area (Å²) in [5, 5.41) is 4.16. The summed E-state index contributed by atoms with van der Waals surface area (Å²) >= 11 is 11.9. The first-order valence-corrected chi connectivity index (χ1v) is 8.79. The standard InChI is InChI=1S/C19H21Cl2NO2/c1-2-17(24-18-8-4-3-7-16(18)21)19(23)22-13-5-6-14-9-11-15(20)12-10-14/h3-4,7-12,17H,2,5-6,13H2,1H3,(H,22,23). The van der Waals surface area contributed by atoms with Gasteiger partial charge in [0, 0.05) is 11.6 Å². The smallest absolute Gasteiger partial charge is 0.261 e. The van der Waals surface area contributed by atoms with Crippen LogP contribution in [-0.4, -0.2) is 18.6 Å². The van der Waals surface area contributed by atoms with Crippen LogP contribution in [0.25, 0.3) is 0 Å². The van der Waals surface area contributed by atoms with Gasteiger partial charge in [0.05, 0.1) is 5.02 Å². The number of aryl methyl sites for hydroxylation is 1. The average molecular weight is 366 g/mol. The van der Waals surface area contributed by atoms with Crippen molar-refractivity contribution in [2.75, 3.05) is 6.54 Å². The van der Waals surface area contributed by atoms with Gasteiger partial charge in [-0.05, 0) is 49.1 Å². The predicted octanol–water partition coefficient (Wildman–Crippen LogP) is 4.90. The zero-order valence-corrected chi connectivity index (χ0v) is 15.1. The van der Waals surface area contributed by atoms with Crippen LogP contribution in [0.5, 0.6) is 5.75 Å². The maximum atomic E-state index is 12.2. The highest BCUT2D eigenvalue weighted by molar-refractivity contribution is 6.32. The fourth-order valence-electron chi connectivity index (χ4n) is 2.28. The van der Waals surface area contributed by atoms with Crippen LogP contribution in [0.2, 0.25) is 10.0 Å². The Kier molecular flexibility index (Phi) is 7.41. The van der Waals surface area contributed by atoms with E-state index in [4.69, 9.17) is 27.9 Å². The monoisotopic (exact) mass is 365 g/mol. The highest BCUT2D eigenvalue weighted by Gasteiger charge is 2.18. The van der Waals surface area contributed by atoms with E-state index in [0.29, 0.717) is 23.7 Å². The fraction of sp³-hybridized carbons (Fsp3) is 0.316. The van der Waals surface area contributed by atoms with E-state index in [1.807, 2.05) is 43.3 Å². The number of ether oxygens (including phenoxy) is 1. The van der Waals surface area contributed by atoms with Crippen molar-refractivity contribution in [3.05, 3.63) is 64.1 Å². The Morgan fingerprint density at radius 1 is 1.12 bits per heavy atom. The quantitative estimate of drug-likeness (QED) is 0.675. The maximum Gasteiger partial charge on any atom is 0.261 e. The van der Waals surface area contributed by atoms with Crippen LogP contribution in [0.4, 0.5) is 0 Å². The summed E-state index contributed by atoms with van der Waals surface area (Å²) < 4.78 is 5.73. The second kappa shape index (κ2) is 9.55. The minimum atomic E-state index is -0.541. The van der Waals surface area contributed by atoms with Gasteiger partial charge in [-0.1, -0.05) is 54.4 Å². The molecular weight excluding hydrogens is 345 g/mol. The van der Waals surface area contributed by atoms with Crippen LogP contribution >= 0.6 is 23.2 Å². The van der Waals surface area contributed by atoms with Gasteiger partial charge in [0.25, 0.3) is 5.91 Å². The molecule has 0 heterocycles. The van der Waals surface area contributed by atoms with Gasteiger partial charge >= 0.3 is 0 Å². The molecular formula is C19H21Cl2NO2. The first-order valence-electron chi connectivity index (χ1n) is 8.03. The number of benzene rings is 2. The molecule has 24 heavy (non-hydrogen) atoms. The van der Waals surface area contributed by atoms with Gasteiger partial charge in [0.1, 0.15) is 5.75 Å². The Morgan fingerprint density at radius 3 is 2.50 bits per heavy atom. The molecule has 1 amide bonds. The summed E-state index contributed by atoms with van der Waals surface area (Å²) in [7, 11) is 0. The number of para-hydroxylation sites is 1. The molecule has 128 valence electrons. The third-order valence-electron chi connectivity index (χ3n) is 3.62. The summed E-state index contributed by atoms with van der Waals surface area (Å²) in [5.74, 6) is 0.413. The first-order chi connectivity index (χ1) is 11.6. The number of carbonyl (C=O) groups is 1. The van der Waals surface area contributed by atoms with Crippen molar-refractivity contribution in [3.8, 4) is 5.75 Å². The molecule has 3 nitrogen and oxygen atoms in total. The summed E-state index contributed by atoms with van der Waals surface area (Å²) in [5.41, 5.74) is 1.20. The molecule has 0 saturated heterocycles. The van der Waals surface area contributed by atoms with Crippen molar-refractivity contribution < 1.29 is 9.53 Å². The molecule has 0 saturated carbocycles. The van der Waals surface area contributed by atoms with E-state index in [9.17, 15) is 4.79 Å². The molecule has 0 aliphatic heterocycles. The normalized spacial score (nSPS) is 11.8. The fourth-order valence-corrected chi connectivity index (χ4v) is 2.59. The van der Waals surface area contributed by atoms with Crippen LogP contribution in [0.15, 0.2) is 48.5 Å². The molecule has 2 aromatic rings. The van der Waals surface area contributed by atoms with E-state index in [1.54, 1.807) is 12.1 Å². The second-order valence-corrected chi connectivity index (χ2v) is 6.31. The van der Waals surface area contributed by atoms with E-state index < -0.39 is 6.10 Å². The Morgan fingerprint density at radius 2 is 1.83 bits per heavy atom. The lowest BCUT2D eigenvalue weighted by Gasteiger charge is -2.18. The number of carbonyl (C=O) groups excluding carboxylic acids is 1. The zero-order chi connectivity index (χ0) is 17.4. The number of nitrogens with one attached hydrogen (secondary N) is 1. The van der Waals surface area contributed by atoms with Crippen molar-refractivity contribution in [2.24, 2.45) is 0 Å². The van der Waals surface area contributed by atoms with E-state index in [1.165, 1.54) is 5.56 Å². The number of rotatable bonds is 8. The number of hydrogen-bond acceptors (Lipinski definition) is 2. The van der Waals surface area contributed by atoms with Gasteiger partial charge in [0.2, 0.25) is 0 Å². The van der Waals surface area contributed by atoms with E-state index in [0.717, 1.165) is 17.9 Å². The van der Waals surface area contributed by atoms with E-state index in [-0.39, 0.29) is 5.91 Å². The third-order valence-corrected chi connectivity index (χ3v) is 4.19. The molecule has 0 radical (unpaired) electrons. The van der Waals surface area contributed by atoms with Crippen LogP contribution in [0.1, 0.15) is 25.3 Å². The van der Waals surface area contributed by atoms with E-state index in [2.05, 4.69) is 5.32 Å². The van der Waals surface area contributed by atoms with Gasteiger partial charge in [0.15, 0.2) is 6.10 Å². The molecule has 0 aromatic heterocycles. The molecule has 1 unspecified atom stereocenters. The zero-order valence-electron chi connectivity index (χ0n) is 13.6. The predicted molar refractivity (Wildman–Crippen MR) is 98.9 cm³/mol. The molecule has 0 aliphatic rings. The topological polar surface area (TPSA) is 38.3 Å². The van der Waals surface area contributed by atoms with Gasteiger partial charge in [-0.3, -0.25) is 4.79 Å². The average Bonchev–Trinajstić information content (AvgIpc) is 2.59. The summed E-state index contributed by atoms with van der Waals surface area (Å²) in [4.78, 5) is 12.2. The molecule has 2 aromatic carbocycles. The first kappa shape index (κ1) is 18.6. The van der Waals surface area contributed by atoms with Gasteiger partial charge in [-0.2, -0.15) is 0 Å². The van der Waals surface area contributed by atoms with Gasteiger partial charge < -0.3 is 10.1 Å². The lowest BCUT2D eigenvalue weighted by atomic mass is 10.1. The maximum absolute atomic E-state index is 12.2. The minimum absolute atomic E-state index is 0.117. The van der Waals surface area contributed by atoms with Crippen molar-refractivity contribution in [2.45, 2.75) is 32.3 Å². The Bertz CT molecular complexity index is 659. The molecule has 1 atom stereocenters. The van der Waals surface area contributed by atoms with Crippen molar-refractivity contribution in [1.29, 1.82) is 0 Å². The summed E-state index contributed by atoms with van der Waals surface area (Å²) in [6, 6.07) is 14.9. The number of halogens is 2. The van der Waals surface area contributed by atoms with Crippen molar-refractivity contribution in [3.63, 3.8) is 0 Å². The molecule has 0 aliphatic carbocycles. The van der Waals surface area contributed by atoms with E-state index >= 15 is 0 Å². The Labute approximate surface area is 152 Å². The number of amides is 1. The lowest BCUT2D eigenvalue weighted by molar-refractivity contribution is -0.128. The van der Waals surface area contributed by atoms with Crippen LogP contribution < -0.4 is 10.1 Å². The minimum Gasteiger partial charge on any atom is -0.479 e. The van der Waals surface area contributed by atoms with Crippen molar-refractivity contribution in [1.82, 2.24) is 5.32 Å². The molecule has 0 fully saturated rings. The van der Waals surface area contributed by atoms with Crippen LogP contribution in [0.3, 0.4) is 0 Å². The lowest BCUT2D eigenvalue weighted by Crippen LogP contribution is -2.38. The number of hydrogen-bond donors (Lipinski definition) is 1. The summed E-state index contributed by atoms with van der Waals surface area (Å²) in [6.45, 7) is 2.51. The summed E-state index contributed by atoms with van der Waals surface area (Å²) in [6.07, 6.45) is 1.78. The molecule has 5 heteroatoms. The SMILES string of the molecule is CCC(Oc1ccccc1Cl)C(=O)NCCCc1ccc(Cl)cc1. The third kappa shape index (κ3) is 5.73. The molecule has 1 N–H and O–H groups in total. The highest BCUT2D eigenvalue weighted by Crippen LogP contribution is 2.24. The van der Waals surface area contributed by atoms with Crippen molar-refractivity contribution >= 4 is 29.1 Å². The highest BCUT2D eigenvalue weighted by atomic mass is 35.5. The second-order valence-electron chi connectivity index (χ2n) is 5.47. The molecule has 2 rings (SSSR count). The largest absolute Gasteiger partial charge is 0.479 e. The Balaban J connectivity index is 1.77. The van der Waals surface area contributed by atoms with Crippen LogP contribution in [-0.2, 0) is 11.2 Å². The van der Waals surface area contributed by atoms with Gasteiger partial charge in [-0.25, -0.2) is 0 Å². The Hall–Kier alpha value is -1.71.